The number of hydrogen-bond acceptors (Lipinski definition) is 1. The minimum Gasteiger partial charge on any atom is -0.312 e. The summed E-state index contributed by atoms with van der Waals surface area (Å²) in [5.41, 5.74) is 0.958. The highest BCUT2D eigenvalue weighted by atomic mass is 35.5. The topological polar surface area (TPSA) is 12.0 Å². The lowest BCUT2D eigenvalue weighted by Gasteiger charge is -2.07. The van der Waals surface area contributed by atoms with Gasteiger partial charge in [-0.15, -0.1) is 6.58 Å². The Labute approximate surface area is 94.7 Å². The molecule has 0 spiro atoms. The van der Waals surface area contributed by atoms with Gasteiger partial charge in [0.15, 0.2) is 0 Å². The molecule has 0 unspecified atom stereocenters. The van der Waals surface area contributed by atoms with Crippen molar-refractivity contribution >= 4 is 23.2 Å². The van der Waals surface area contributed by atoms with Crippen molar-refractivity contribution < 1.29 is 0 Å². The summed E-state index contributed by atoms with van der Waals surface area (Å²) in [6.45, 7) is 5.24. The van der Waals surface area contributed by atoms with E-state index >= 15 is 0 Å². The van der Waals surface area contributed by atoms with Crippen LogP contribution in [0.15, 0.2) is 30.9 Å². The van der Waals surface area contributed by atoms with E-state index < -0.39 is 0 Å². The van der Waals surface area contributed by atoms with Crippen molar-refractivity contribution in [3.8, 4) is 0 Å². The van der Waals surface area contributed by atoms with Gasteiger partial charge in [-0.3, -0.25) is 0 Å². The van der Waals surface area contributed by atoms with Crippen LogP contribution in [0.3, 0.4) is 0 Å². The molecular formula is C11H13Cl2N. The van der Waals surface area contributed by atoms with Gasteiger partial charge in [-0.2, -0.15) is 0 Å². The summed E-state index contributed by atoms with van der Waals surface area (Å²) in [6.07, 6.45) is 2.82. The molecule has 0 aliphatic rings. The molecule has 0 saturated heterocycles. The van der Waals surface area contributed by atoms with E-state index in [2.05, 4.69) is 11.9 Å². The molecule has 0 amide bonds. The van der Waals surface area contributed by atoms with E-state index in [-0.39, 0.29) is 0 Å². The Morgan fingerprint density at radius 1 is 1.29 bits per heavy atom. The van der Waals surface area contributed by atoms with Crippen molar-refractivity contribution in [3.05, 3.63) is 46.5 Å². The van der Waals surface area contributed by atoms with E-state index in [4.69, 9.17) is 23.2 Å². The average Bonchev–Trinajstić information content (AvgIpc) is 2.16. The second kappa shape index (κ2) is 6.07. The second-order valence-corrected chi connectivity index (χ2v) is 3.77. The predicted molar refractivity (Wildman–Crippen MR) is 63.0 cm³/mol. The monoisotopic (exact) mass is 229 g/mol. The molecule has 0 saturated carbocycles. The Balaban J connectivity index is 2.53. The molecule has 0 aliphatic carbocycles. The minimum absolute atomic E-state index is 0.701. The SMILES string of the molecule is C=CCCNCc1c(Cl)cccc1Cl. The third kappa shape index (κ3) is 3.33. The zero-order valence-corrected chi connectivity index (χ0v) is 9.41. The van der Waals surface area contributed by atoms with E-state index in [9.17, 15) is 0 Å². The molecule has 1 nitrogen and oxygen atoms in total. The van der Waals surface area contributed by atoms with Gasteiger partial charge < -0.3 is 5.32 Å². The number of benzene rings is 1. The fourth-order valence-corrected chi connectivity index (χ4v) is 1.65. The van der Waals surface area contributed by atoms with Crippen LogP contribution in [0.2, 0.25) is 10.0 Å². The van der Waals surface area contributed by atoms with Crippen LogP contribution in [0.1, 0.15) is 12.0 Å². The summed E-state index contributed by atoms with van der Waals surface area (Å²) in [4.78, 5) is 0. The average molecular weight is 230 g/mol. The van der Waals surface area contributed by atoms with Crippen molar-refractivity contribution in [1.29, 1.82) is 0 Å². The molecule has 1 aromatic carbocycles. The Morgan fingerprint density at radius 2 is 1.93 bits per heavy atom. The number of hydrogen-bond donors (Lipinski definition) is 1. The van der Waals surface area contributed by atoms with Gasteiger partial charge in [-0.25, -0.2) is 0 Å². The smallest absolute Gasteiger partial charge is 0.0465 e. The molecule has 0 heterocycles. The fourth-order valence-electron chi connectivity index (χ4n) is 1.12. The molecule has 3 heteroatoms. The number of halogens is 2. The summed E-state index contributed by atoms with van der Waals surface area (Å²) in [5.74, 6) is 0. The summed E-state index contributed by atoms with van der Waals surface area (Å²) in [7, 11) is 0. The standard InChI is InChI=1S/C11H13Cl2N/c1-2-3-7-14-8-9-10(12)5-4-6-11(9)13/h2,4-6,14H,1,3,7-8H2. The van der Waals surface area contributed by atoms with Gasteiger partial charge in [-0.1, -0.05) is 35.3 Å². The maximum Gasteiger partial charge on any atom is 0.0465 e. The molecule has 1 N–H and O–H groups in total. The van der Waals surface area contributed by atoms with E-state index in [1.165, 1.54) is 0 Å². The molecule has 0 bridgehead atoms. The predicted octanol–water partition coefficient (Wildman–Crippen LogP) is 3.66. The maximum absolute atomic E-state index is 6.00. The first kappa shape index (κ1) is 11.6. The molecule has 0 radical (unpaired) electrons. The van der Waals surface area contributed by atoms with Crippen LogP contribution in [0.25, 0.3) is 0 Å². The largest absolute Gasteiger partial charge is 0.312 e. The van der Waals surface area contributed by atoms with Gasteiger partial charge in [0.2, 0.25) is 0 Å². The van der Waals surface area contributed by atoms with Crippen molar-refractivity contribution in [2.75, 3.05) is 6.54 Å². The van der Waals surface area contributed by atoms with Crippen LogP contribution in [0, 0.1) is 0 Å². The van der Waals surface area contributed by atoms with Gasteiger partial charge in [0.25, 0.3) is 0 Å². The summed E-state index contributed by atoms with van der Waals surface area (Å²) in [5, 5.41) is 4.67. The minimum atomic E-state index is 0.701. The lowest BCUT2D eigenvalue weighted by Crippen LogP contribution is -2.14. The first-order valence-electron chi connectivity index (χ1n) is 4.50. The van der Waals surface area contributed by atoms with E-state index in [1.807, 2.05) is 24.3 Å². The van der Waals surface area contributed by atoms with Crippen molar-refractivity contribution in [2.45, 2.75) is 13.0 Å². The summed E-state index contributed by atoms with van der Waals surface area (Å²) < 4.78 is 0. The zero-order chi connectivity index (χ0) is 10.4. The van der Waals surface area contributed by atoms with E-state index in [0.717, 1.165) is 18.5 Å². The molecule has 0 aromatic heterocycles. The van der Waals surface area contributed by atoms with Gasteiger partial charge in [0.05, 0.1) is 0 Å². The normalized spacial score (nSPS) is 10.1. The highest BCUT2D eigenvalue weighted by Gasteiger charge is 2.03. The van der Waals surface area contributed by atoms with Crippen molar-refractivity contribution in [1.82, 2.24) is 5.32 Å². The molecule has 1 aromatic rings. The van der Waals surface area contributed by atoms with Gasteiger partial charge in [0, 0.05) is 22.2 Å². The lowest BCUT2D eigenvalue weighted by molar-refractivity contribution is 0.696. The van der Waals surface area contributed by atoms with Crippen LogP contribution in [0.5, 0.6) is 0 Å². The Kier molecular flexibility index (Phi) is 5.02. The first-order chi connectivity index (χ1) is 6.75. The fraction of sp³-hybridized carbons (Fsp3) is 0.273. The van der Waals surface area contributed by atoms with Crippen LogP contribution in [-0.2, 0) is 6.54 Å². The van der Waals surface area contributed by atoms with Crippen LogP contribution in [0.4, 0.5) is 0 Å². The van der Waals surface area contributed by atoms with Crippen LogP contribution < -0.4 is 5.32 Å². The number of nitrogens with one attached hydrogen (secondary N) is 1. The highest BCUT2D eigenvalue weighted by molar-refractivity contribution is 6.35. The van der Waals surface area contributed by atoms with Gasteiger partial charge >= 0.3 is 0 Å². The Hall–Kier alpha value is -0.500. The van der Waals surface area contributed by atoms with Crippen molar-refractivity contribution in [3.63, 3.8) is 0 Å². The lowest BCUT2D eigenvalue weighted by atomic mass is 10.2. The van der Waals surface area contributed by atoms with E-state index in [0.29, 0.717) is 16.6 Å². The number of rotatable bonds is 5. The highest BCUT2D eigenvalue weighted by Crippen LogP contribution is 2.23. The Bertz CT molecular complexity index is 290. The van der Waals surface area contributed by atoms with Crippen LogP contribution >= 0.6 is 23.2 Å². The van der Waals surface area contributed by atoms with Crippen LogP contribution in [-0.4, -0.2) is 6.54 Å². The summed E-state index contributed by atoms with van der Waals surface area (Å²) in [6, 6.07) is 5.54. The van der Waals surface area contributed by atoms with Gasteiger partial charge in [0.1, 0.15) is 0 Å². The van der Waals surface area contributed by atoms with Crippen molar-refractivity contribution in [2.24, 2.45) is 0 Å². The third-order valence-electron chi connectivity index (χ3n) is 1.89. The first-order valence-corrected chi connectivity index (χ1v) is 5.26. The maximum atomic E-state index is 6.00. The quantitative estimate of drug-likeness (QED) is 0.601. The molecule has 0 aliphatic heterocycles. The van der Waals surface area contributed by atoms with E-state index in [1.54, 1.807) is 0 Å². The van der Waals surface area contributed by atoms with Gasteiger partial charge in [-0.05, 0) is 25.1 Å². The molecule has 0 atom stereocenters. The second-order valence-electron chi connectivity index (χ2n) is 2.95. The Morgan fingerprint density at radius 3 is 2.50 bits per heavy atom. The molecule has 1 rings (SSSR count). The molecule has 14 heavy (non-hydrogen) atoms. The molecule has 76 valence electrons. The third-order valence-corrected chi connectivity index (χ3v) is 2.60. The molecular weight excluding hydrogens is 217 g/mol. The zero-order valence-electron chi connectivity index (χ0n) is 7.89. The molecule has 0 fully saturated rings. The summed E-state index contributed by atoms with van der Waals surface area (Å²) >= 11 is 12.0.